The number of anilines is 1. The Bertz CT molecular complexity index is 947. The lowest BCUT2D eigenvalue weighted by Gasteiger charge is -2.16. The van der Waals surface area contributed by atoms with E-state index in [1.54, 1.807) is 43.3 Å². The zero-order valence-electron chi connectivity index (χ0n) is 14.5. The fraction of sp³-hybridized carbons (Fsp3) is 0.211. The molecule has 0 aliphatic carbocycles. The highest BCUT2D eigenvalue weighted by molar-refractivity contribution is 5.94. The first-order chi connectivity index (χ1) is 12.6. The van der Waals surface area contributed by atoms with E-state index in [2.05, 4.69) is 10.4 Å². The quantitative estimate of drug-likeness (QED) is 0.736. The van der Waals surface area contributed by atoms with Gasteiger partial charge in [-0.2, -0.15) is 5.10 Å². The molecule has 3 aromatic rings. The molecule has 2 aromatic heterocycles. The minimum absolute atomic E-state index is 0.372. The second-order valence-electron chi connectivity index (χ2n) is 5.57. The molecule has 0 aliphatic heterocycles. The van der Waals surface area contributed by atoms with Crippen LogP contribution in [0.5, 0.6) is 5.75 Å². The van der Waals surface area contributed by atoms with Crippen molar-refractivity contribution < 1.29 is 13.9 Å². The highest BCUT2D eigenvalue weighted by Gasteiger charge is 2.20. The van der Waals surface area contributed by atoms with Gasteiger partial charge in [0, 0.05) is 6.07 Å². The maximum Gasteiger partial charge on any atom is 0.267 e. The van der Waals surface area contributed by atoms with E-state index in [-0.39, 0.29) is 11.5 Å². The smallest absolute Gasteiger partial charge is 0.267 e. The van der Waals surface area contributed by atoms with Crippen molar-refractivity contribution in [1.82, 2.24) is 9.78 Å². The van der Waals surface area contributed by atoms with Crippen LogP contribution in [0.2, 0.25) is 0 Å². The van der Waals surface area contributed by atoms with Crippen molar-refractivity contribution in [2.45, 2.75) is 19.9 Å². The summed E-state index contributed by atoms with van der Waals surface area (Å²) in [6.07, 6.45) is 1.52. The molecule has 7 nitrogen and oxygen atoms in total. The maximum absolute atomic E-state index is 12.6. The van der Waals surface area contributed by atoms with Gasteiger partial charge in [0.05, 0.1) is 18.6 Å². The monoisotopic (exact) mass is 353 g/mol. The minimum atomic E-state index is -0.813. The Labute approximate surface area is 150 Å². The van der Waals surface area contributed by atoms with Gasteiger partial charge in [0.1, 0.15) is 17.5 Å². The number of rotatable bonds is 6. The van der Waals surface area contributed by atoms with Crippen molar-refractivity contribution in [2.24, 2.45) is 0 Å². The number of ether oxygens (including phenoxy) is 1. The number of para-hydroxylation sites is 2. The summed E-state index contributed by atoms with van der Waals surface area (Å²) in [5, 5.41) is 7.04. The van der Waals surface area contributed by atoms with E-state index in [4.69, 9.17) is 9.15 Å². The standard InChI is InChI=1S/C19H19N3O4/c1-3-25-16-8-5-4-7-14(16)20-19(24)13(2)22-18(23)11-10-15(21-22)17-9-6-12-26-17/h4-13H,3H2,1-2H3,(H,20,24). The molecule has 1 amide bonds. The average molecular weight is 353 g/mol. The summed E-state index contributed by atoms with van der Waals surface area (Å²) >= 11 is 0. The Balaban J connectivity index is 1.85. The molecule has 1 aromatic carbocycles. The van der Waals surface area contributed by atoms with Crippen LogP contribution in [0.25, 0.3) is 11.5 Å². The Hall–Kier alpha value is -3.35. The van der Waals surface area contributed by atoms with Crippen LogP contribution in [0.1, 0.15) is 19.9 Å². The van der Waals surface area contributed by atoms with Crippen LogP contribution in [0, 0.1) is 0 Å². The van der Waals surface area contributed by atoms with E-state index in [0.29, 0.717) is 29.5 Å². The van der Waals surface area contributed by atoms with Crippen molar-refractivity contribution in [1.29, 1.82) is 0 Å². The van der Waals surface area contributed by atoms with Crippen molar-refractivity contribution in [3.8, 4) is 17.2 Å². The molecule has 0 saturated heterocycles. The third-order valence-electron chi connectivity index (χ3n) is 3.79. The molecule has 1 N–H and O–H groups in total. The molecule has 134 valence electrons. The largest absolute Gasteiger partial charge is 0.492 e. The number of nitrogens with one attached hydrogen (secondary N) is 1. The normalized spacial score (nSPS) is 11.8. The molecule has 0 fully saturated rings. The molecule has 3 rings (SSSR count). The van der Waals surface area contributed by atoms with Crippen LogP contribution >= 0.6 is 0 Å². The predicted molar refractivity (Wildman–Crippen MR) is 97.2 cm³/mol. The lowest BCUT2D eigenvalue weighted by Crippen LogP contribution is -2.33. The predicted octanol–water partition coefficient (Wildman–Crippen LogP) is 3.10. The summed E-state index contributed by atoms with van der Waals surface area (Å²) in [6.45, 7) is 3.96. The van der Waals surface area contributed by atoms with E-state index in [1.165, 1.54) is 12.3 Å². The number of furan rings is 1. The molecule has 7 heteroatoms. The Morgan fingerprint density at radius 1 is 1.23 bits per heavy atom. The van der Waals surface area contributed by atoms with E-state index in [1.807, 2.05) is 13.0 Å². The van der Waals surface area contributed by atoms with Crippen molar-refractivity contribution in [3.63, 3.8) is 0 Å². The summed E-state index contributed by atoms with van der Waals surface area (Å²) < 4.78 is 11.9. The van der Waals surface area contributed by atoms with Gasteiger partial charge in [-0.05, 0) is 44.2 Å². The molecular weight excluding hydrogens is 334 g/mol. The number of hydrogen-bond donors (Lipinski definition) is 1. The summed E-state index contributed by atoms with van der Waals surface area (Å²) in [5.41, 5.74) is 0.645. The van der Waals surface area contributed by atoms with Crippen LogP contribution < -0.4 is 15.6 Å². The Morgan fingerprint density at radius 3 is 2.77 bits per heavy atom. The second-order valence-corrected chi connectivity index (χ2v) is 5.57. The highest BCUT2D eigenvalue weighted by atomic mass is 16.5. The first-order valence-electron chi connectivity index (χ1n) is 8.26. The van der Waals surface area contributed by atoms with Crippen molar-refractivity contribution >= 4 is 11.6 Å². The lowest BCUT2D eigenvalue weighted by molar-refractivity contribution is -0.119. The van der Waals surface area contributed by atoms with E-state index in [0.717, 1.165) is 4.68 Å². The molecule has 2 heterocycles. The molecule has 1 atom stereocenters. The summed E-state index contributed by atoms with van der Waals surface area (Å²) in [7, 11) is 0. The zero-order chi connectivity index (χ0) is 18.5. The van der Waals surface area contributed by atoms with Gasteiger partial charge in [0.2, 0.25) is 5.91 Å². The van der Waals surface area contributed by atoms with Gasteiger partial charge in [-0.3, -0.25) is 9.59 Å². The van der Waals surface area contributed by atoms with Gasteiger partial charge in [-0.1, -0.05) is 12.1 Å². The van der Waals surface area contributed by atoms with Crippen LogP contribution in [0.3, 0.4) is 0 Å². The number of amides is 1. The second kappa shape index (κ2) is 7.69. The molecule has 0 spiro atoms. The highest BCUT2D eigenvalue weighted by Crippen LogP contribution is 2.24. The summed E-state index contributed by atoms with van der Waals surface area (Å²) in [5.74, 6) is 0.719. The summed E-state index contributed by atoms with van der Waals surface area (Å²) in [6, 6.07) is 12.7. The SMILES string of the molecule is CCOc1ccccc1NC(=O)C(C)n1nc(-c2ccco2)ccc1=O. The number of nitrogens with zero attached hydrogens (tertiary/aromatic N) is 2. The van der Waals surface area contributed by atoms with Crippen LogP contribution in [0.15, 0.2) is 64.0 Å². The third-order valence-corrected chi connectivity index (χ3v) is 3.79. The molecule has 26 heavy (non-hydrogen) atoms. The fourth-order valence-corrected chi connectivity index (χ4v) is 2.46. The summed E-state index contributed by atoms with van der Waals surface area (Å²) in [4.78, 5) is 24.8. The van der Waals surface area contributed by atoms with Crippen molar-refractivity contribution in [2.75, 3.05) is 11.9 Å². The van der Waals surface area contributed by atoms with E-state index >= 15 is 0 Å². The molecule has 0 aliphatic rings. The lowest BCUT2D eigenvalue weighted by atomic mass is 10.2. The molecular formula is C19H19N3O4. The topological polar surface area (TPSA) is 86.4 Å². The van der Waals surface area contributed by atoms with Gasteiger partial charge in [0.25, 0.3) is 5.56 Å². The minimum Gasteiger partial charge on any atom is -0.492 e. The van der Waals surface area contributed by atoms with Crippen molar-refractivity contribution in [3.05, 3.63) is 65.1 Å². The van der Waals surface area contributed by atoms with E-state index < -0.39 is 6.04 Å². The Morgan fingerprint density at radius 2 is 2.04 bits per heavy atom. The number of aromatic nitrogens is 2. The molecule has 0 bridgehead atoms. The Kier molecular flexibility index (Phi) is 5.17. The number of hydrogen-bond acceptors (Lipinski definition) is 5. The van der Waals surface area contributed by atoms with Gasteiger partial charge in [-0.15, -0.1) is 0 Å². The number of carbonyl (C=O) groups excluding carboxylic acids is 1. The zero-order valence-corrected chi connectivity index (χ0v) is 14.5. The van der Waals surface area contributed by atoms with Gasteiger partial charge in [-0.25, -0.2) is 4.68 Å². The first kappa shape index (κ1) is 17.5. The molecule has 0 radical (unpaired) electrons. The number of carbonyl (C=O) groups is 1. The van der Waals surface area contributed by atoms with Gasteiger partial charge < -0.3 is 14.5 Å². The van der Waals surface area contributed by atoms with Crippen LogP contribution in [-0.2, 0) is 4.79 Å². The van der Waals surface area contributed by atoms with Crippen LogP contribution in [0.4, 0.5) is 5.69 Å². The van der Waals surface area contributed by atoms with E-state index in [9.17, 15) is 9.59 Å². The molecule has 0 saturated carbocycles. The average Bonchev–Trinajstić information content (AvgIpc) is 3.18. The maximum atomic E-state index is 12.6. The number of benzene rings is 1. The van der Waals surface area contributed by atoms with Gasteiger partial charge >= 0.3 is 0 Å². The third kappa shape index (κ3) is 3.66. The van der Waals surface area contributed by atoms with Crippen LogP contribution in [-0.4, -0.2) is 22.3 Å². The molecule has 1 unspecified atom stereocenters. The first-order valence-corrected chi connectivity index (χ1v) is 8.26. The fourth-order valence-electron chi connectivity index (χ4n) is 2.46. The van der Waals surface area contributed by atoms with Gasteiger partial charge in [0.15, 0.2) is 5.76 Å².